The van der Waals surface area contributed by atoms with Crippen molar-refractivity contribution in [2.24, 2.45) is 0 Å². The first-order chi connectivity index (χ1) is 14.5. The van der Waals surface area contributed by atoms with Gasteiger partial charge in [0.05, 0.1) is 47.9 Å². The SMILES string of the molecule is CCOC(=O)C1=C(Cn2cnc3ccc(Br)cc3c2=O)NC(=O)N[C@@H]1c1ccco1. The first-order valence-electron chi connectivity index (χ1n) is 9.13. The Balaban J connectivity index is 1.83. The average Bonchev–Trinajstić information content (AvgIpc) is 3.25. The summed E-state index contributed by atoms with van der Waals surface area (Å²) in [5, 5.41) is 5.70. The summed E-state index contributed by atoms with van der Waals surface area (Å²) < 4.78 is 12.7. The molecule has 0 spiro atoms. The van der Waals surface area contributed by atoms with Crippen molar-refractivity contribution in [1.29, 1.82) is 0 Å². The van der Waals surface area contributed by atoms with E-state index in [1.54, 1.807) is 37.3 Å². The number of fused-ring (bicyclic) bond motifs is 1. The van der Waals surface area contributed by atoms with Crippen LogP contribution in [-0.2, 0) is 16.1 Å². The van der Waals surface area contributed by atoms with E-state index < -0.39 is 18.0 Å². The molecule has 1 atom stereocenters. The number of furan rings is 1. The van der Waals surface area contributed by atoms with Gasteiger partial charge < -0.3 is 19.8 Å². The lowest BCUT2D eigenvalue weighted by Gasteiger charge is -2.28. The number of benzene rings is 1. The molecule has 10 heteroatoms. The molecule has 0 unspecified atom stereocenters. The van der Waals surface area contributed by atoms with Crippen molar-refractivity contribution in [3.8, 4) is 0 Å². The number of amides is 2. The lowest BCUT2D eigenvalue weighted by Crippen LogP contribution is -2.47. The van der Waals surface area contributed by atoms with E-state index in [0.29, 0.717) is 16.7 Å². The third-order valence-electron chi connectivity index (χ3n) is 4.59. The molecule has 2 N–H and O–H groups in total. The maximum absolute atomic E-state index is 13.0. The zero-order valence-corrected chi connectivity index (χ0v) is 17.4. The number of urea groups is 1. The van der Waals surface area contributed by atoms with Gasteiger partial charge in [-0.05, 0) is 37.3 Å². The fourth-order valence-corrected chi connectivity index (χ4v) is 3.64. The molecule has 3 heterocycles. The number of nitrogens with zero attached hydrogens (tertiary/aromatic N) is 2. The normalized spacial score (nSPS) is 16.3. The topological polar surface area (TPSA) is 115 Å². The lowest BCUT2D eigenvalue weighted by molar-refractivity contribution is -0.139. The van der Waals surface area contributed by atoms with Crippen LogP contribution in [0.4, 0.5) is 4.79 Å². The highest BCUT2D eigenvalue weighted by Crippen LogP contribution is 2.28. The van der Waals surface area contributed by atoms with Crippen LogP contribution in [0.2, 0.25) is 0 Å². The fourth-order valence-electron chi connectivity index (χ4n) is 3.28. The molecule has 0 radical (unpaired) electrons. The Kier molecular flexibility index (Phi) is 5.40. The Hall–Kier alpha value is -3.40. The van der Waals surface area contributed by atoms with E-state index >= 15 is 0 Å². The summed E-state index contributed by atoms with van der Waals surface area (Å²) in [6, 6.07) is 7.13. The fraction of sp³-hybridized carbons (Fsp3) is 0.200. The van der Waals surface area contributed by atoms with E-state index in [2.05, 4.69) is 31.5 Å². The minimum absolute atomic E-state index is 0.0763. The lowest BCUT2D eigenvalue weighted by atomic mass is 10.00. The van der Waals surface area contributed by atoms with Gasteiger partial charge in [0.2, 0.25) is 0 Å². The minimum Gasteiger partial charge on any atom is -0.467 e. The number of nitrogens with one attached hydrogen (secondary N) is 2. The van der Waals surface area contributed by atoms with Gasteiger partial charge in [-0.2, -0.15) is 0 Å². The predicted molar refractivity (Wildman–Crippen MR) is 110 cm³/mol. The molecule has 1 aromatic carbocycles. The molecule has 0 aliphatic carbocycles. The van der Waals surface area contributed by atoms with Crippen molar-refractivity contribution >= 4 is 38.8 Å². The molecule has 0 fully saturated rings. The quantitative estimate of drug-likeness (QED) is 0.551. The molecule has 3 aromatic rings. The van der Waals surface area contributed by atoms with E-state index in [1.165, 1.54) is 17.2 Å². The van der Waals surface area contributed by atoms with Gasteiger partial charge in [-0.1, -0.05) is 15.9 Å². The number of hydrogen-bond donors (Lipinski definition) is 2. The van der Waals surface area contributed by atoms with Gasteiger partial charge in [-0.3, -0.25) is 9.36 Å². The number of halogens is 1. The Morgan fingerprint density at radius 2 is 2.17 bits per heavy atom. The molecule has 9 nitrogen and oxygen atoms in total. The summed E-state index contributed by atoms with van der Waals surface area (Å²) in [5.41, 5.74) is 0.630. The summed E-state index contributed by atoms with van der Waals surface area (Å²) in [5.74, 6) is -0.246. The van der Waals surface area contributed by atoms with E-state index in [0.717, 1.165) is 4.47 Å². The standard InChI is InChI=1S/C20H17BrN4O5/c1-2-29-19(27)16-14(23-20(28)24-17(16)15-4-3-7-30-15)9-25-10-22-13-6-5-11(21)8-12(13)18(25)26/h3-8,10,17H,2,9H2,1H3,(H2,23,24,28)/t17-/m1/s1. The van der Waals surface area contributed by atoms with Crippen LogP contribution in [0, 0.1) is 0 Å². The molecule has 2 amide bonds. The van der Waals surface area contributed by atoms with Crippen molar-refractivity contribution in [3.05, 3.63) is 74.8 Å². The van der Waals surface area contributed by atoms with Crippen molar-refractivity contribution in [3.63, 3.8) is 0 Å². The van der Waals surface area contributed by atoms with E-state index in [1.807, 2.05) is 0 Å². The predicted octanol–water partition coefficient (Wildman–Crippen LogP) is 2.62. The third kappa shape index (κ3) is 3.73. The van der Waals surface area contributed by atoms with Crippen LogP contribution in [-0.4, -0.2) is 28.2 Å². The number of allylic oxidation sites excluding steroid dienone is 1. The molecule has 0 bridgehead atoms. The number of carbonyl (C=O) groups excluding carboxylic acids is 2. The van der Waals surface area contributed by atoms with E-state index in [4.69, 9.17) is 9.15 Å². The van der Waals surface area contributed by atoms with Crippen molar-refractivity contribution < 1.29 is 18.7 Å². The van der Waals surface area contributed by atoms with Gasteiger partial charge in [0.15, 0.2) is 0 Å². The highest BCUT2D eigenvalue weighted by molar-refractivity contribution is 9.10. The second kappa shape index (κ2) is 8.15. The Labute approximate surface area is 178 Å². The summed E-state index contributed by atoms with van der Waals surface area (Å²) in [6.07, 6.45) is 2.83. The molecular formula is C20H17BrN4O5. The summed E-state index contributed by atoms with van der Waals surface area (Å²) >= 11 is 3.35. The van der Waals surface area contributed by atoms with Crippen LogP contribution in [0.15, 0.2) is 67.9 Å². The molecule has 2 aromatic heterocycles. The second-order valence-electron chi connectivity index (χ2n) is 6.50. The first-order valence-corrected chi connectivity index (χ1v) is 9.93. The number of carbonyl (C=O) groups is 2. The number of ether oxygens (including phenoxy) is 1. The monoisotopic (exact) mass is 472 g/mol. The minimum atomic E-state index is -0.846. The van der Waals surface area contributed by atoms with E-state index in [-0.39, 0.29) is 30.0 Å². The van der Waals surface area contributed by atoms with Crippen molar-refractivity contribution in [2.45, 2.75) is 19.5 Å². The van der Waals surface area contributed by atoms with Crippen LogP contribution in [0.3, 0.4) is 0 Å². The highest BCUT2D eigenvalue weighted by atomic mass is 79.9. The van der Waals surface area contributed by atoms with Gasteiger partial charge in [0.1, 0.15) is 11.8 Å². The first kappa shape index (κ1) is 19.9. The maximum Gasteiger partial charge on any atom is 0.338 e. The Morgan fingerprint density at radius 1 is 1.33 bits per heavy atom. The second-order valence-corrected chi connectivity index (χ2v) is 7.41. The Bertz CT molecular complexity index is 1220. The molecule has 154 valence electrons. The van der Waals surface area contributed by atoms with Gasteiger partial charge in [0, 0.05) is 4.47 Å². The molecule has 1 aliphatic heterocycles. The molecule has 30 heavy (non-hydrogen) atoms. The zero-order valence-electron chi connectivity index (χ0n) is 15.8. The molecular weight excluding hydrogens is 456 g/mol. The summed E-state index contributed by atoms with van der Waals surface area (Å²) in [6.45, 7) is 1.76. The highest BCUT2D eigenvalue weighted by Gasteiger charge is 2.35. The third-order valence-corrected chi connectivity index (χ3v) is 5.08. The number of esters is 1. The maximum atomic E-state index is 13.0. The summed E-state index contributed by atoms with van der Waals surface area (Å²) in [7, 11) is 0. The molecule has 4 rings (SSSR count). The van der Waals surface area contributed by atoms with Gasteiger partial charge >= 0.3 is 12.0 Å². The molecule has 0 saturated heterocycles. The van der Waals surface area contributed by atoms with Crippen LogP contribution in [0.25, 0.3) is 10.9 Å². The number of rotatable bonds is 5. The molecule has 1 aliphatic rings. The number of hydrogen-bond acceptors (Lipinski definition) is 6. The van der Waals surface area contributed by atoms with Crippen LogP contribution < -0.4 is 16.2 Å². The van der Waals surface area contributed by atoms with Gasteiger partial charge in [-0.25, -0.2) is 14.6 Å². The van der Waals surface area contributed by atoms with Gasteiger partial charge in [0.25, 0.3) is 5.56 Å². The number of aromatic nitrogens is 2. The van der Waals surface area contributed by atoms with Gasteiger partial charge in [-0.15, -0.1) is 0 Å². The van der Waals surface area contributed by atoms with Crippen molar-refractivity contribution in [1.82, 2.24) is 20.2 Å². The molecule has 0 saturated carbocycles. The summed E-state index contributed by atoms with van der Waals surface area (Å²) in [4.78, 5) is 42.3. The van der Waals surface area contributed by atoms with E-state index in [9.17, 15) is 14.4 Å². The van der Waals surface area contributed by atoms with Crippen LogP contribution in [0.1, 0.15) is 18.7 Å². The van der Waals surface area contributed by atoms with Crippen LogP contribution in [0.5, 0.6) is 0 Å². The smallest absolute Gasteiger partial charge is 0.338 e. The van der Waals surface area contributed by atoms with Crippen LogP contribution >= 0.6 is 15.9 Å². The van der Waals surface area contributed by atoms with Crippen molar-refractivity contribution in [2.75, 3.05) is 6.61 Å². The average molecular weight is 473 g/mol. The zero-order chi connectivity index (χ0) is 21.3. The largest absolute Gasteiger partial charge is 0.467 e. The Morgan fingerprint density at radius 3 is 2.90 bits per heavy atom.